The van der Waals surface area contributed by atoms with Crippen LogP contribution in [0.1, 0.15) is 0 Å². The van der Waals surface area contributed by atoms with Crippen LogP contribution in [0.5, 0.6) is 5.75 Å². The van der Waals surface area contributed by atoms with E-state index in [9.17, 15) is 18.0 Å². The van der Waals surface area contributed by atoms with Gasteiger partial charge >= 0.3 is 0 Å². The molecule has 0 radical (unpaired) electrons. The predicted octanol–water partition coefficient (Wildman–Crippen LogP) is -0.0132. The molecule has 2 aliphatic rings. The van der Waals surface area contributed by atoms with Crippen molar-refractivity contribution in [3.8, 4) is 5.75 Å². The molecule has 2 amide bonds. The second kappa shape index (κ2) is 7.00. The zero-order chi connectivity index (χ0) is 18.7. The first-order valence-corrected chi connectivity index (χ1v) is 9.25. The van der Waals surface area contributed by atoms with Gasteiger partial charge in [-0.1, -0.05) is 0 Å². The van der Waals surface area contributed by atoms with E-state index in [1.54, 1.807) is 35.4 Å². The average Bonchev–Trinajstić information content (AvgIpc) is 2.60. The molecule has 26 heavy (non-hydrogen) atoms. The number of primary amides is 1. The minimum atomic E-state index is -3.43. The summed E-state index contributed by atoms with van der Waals surface area (Å²) in [6.07, 6.45) is 4.56. The highest BCUT2D eigenvalue weighted by atomic mass is 32.2. The molecule has 2 heterocycles. The Labute approximate surface area is 149 Å². The van der Waals surface area contributed by atoms with Gasteiger partial charge in [0.1, 0.15) is 11.6 Å². The van der Waals surface area contributed by atoms with Gasteiger partial charge in [0.05, 0.1) is 11.3 Å². The van der Waals surface area contributed by atoms with E-state index in [1.165, 1.54) is 12.2 Å². The third kappa shape index (κ3) is 4.28. The zero-order valence-electron chi connectivity index (χ0n) is 13.6. The molecule has 1 aromatic carbocycles. The van der Waals surface area contributed by atoms with Crippen LogP contribution in [0.25, 0.3) is 0 Å². The van der Waals surface area contributed by atoms with Crippen LogP contribution in [0, 0.1) is 0 Å². The van der Waals surface area contributed by atoms with Gasteiger partial charge in [0.15, 0.2) is 6.61 Å². The van der Waals surface area contributed by atoms with Crippen LogP contribution in [0.3, 0.4) is 0 Å². The highest BCUT2D eigenvalue weighted by Crippen LogP contribution is 2.19. The molecule has 0 saturated heterocycles. The maximum atomic E-state index is 12.4. The Bertz CT molecular complexity index is 932. The van der Waals surface area contributed by atoms with E-state index < -0.39 is 15.9 Å². The van der Waals surface area contributed by atoms with Crippen LogP contribution in [-0.2, 0) is 19.6 Å². The Morgan fingerprint density at radius 1 is 1.23 bits per heavy atom. The summed E-state index contributed by atoms with van der Waals surface area (Å²) in [4.78, 5) is 24.7. The second-order valence-electron chi connectivity index (χ2n) is 5.58. The summed E-state index contributed by atoms with van der Waals surface area (Å²) in [7, 11) is -3.43. The number of fused-ring (bicyclic) bond motifs is 1. The topological polar surface area (TPSA) is 131 Å². The molecule has 0 aliphatic carbocycles. The normalized spacial score (nSPS) is 17.6. The maximum absolute atomic E-state index is 12.4. The molecule has 10 heteroatoms. The molecule has 0 unspecified atom stereocenters. The van der Waals surface area contributed by atoms with Gasteiger partial charge in [0, 0.05) is 18.4 Å². The molecule has 0 saturated carbocycles. The number of sulfonamides is 1. The summed E-state index contributed by atoms with van der Waals surface area (Å²) in [5, 5.41) is 2.73. The summed E-state index contributed by atoms with van der Waals surface area (Å²) >= 11 is 0. The second-order valence-corrected chi connectivity index (χ2v) is 7.33. The van der Waals surface area contributed by atoms with E-state index in [0.29, 0.717) is 22.8 Å². The number of amidine groups is 1. The number of ether oxygens (including phenoxy) is 1. The summed E-state index contributed by atoms with van der Waals surface area (Å²) in [6, 6.07) is 6.46. The van der Waals surface area contributed by atoms with Crippen LogP contribution in [0.15, 0.2) is 52.6 Å². The summed E-state index contributed by atoms with van der Waals surface area (Å²) < 4.78 is 31.8. The van der Waals surface area contributed by atoms with Gasteiger partial charge in [-0.05, 0) is 36.4 Å². The monoisotopic (exact) mass is 376 g/mol. The smallest absolute Gasteiger partial charge is 0.257 e. The van der Waals surface area contributed by atoms with Crippen LogP contribution in [0.2, 0.25) is 0 Å². The number of hydrogen-bond donors (Lipinski definition) is 2. The van der Waals surface area contributed by atoms with Crippen molar-refractivity contribution < 1.29 is 22.7 Å². The molecular weight excluding hydrogens is 360 g/mol. The Balaban J connectivity index is 1.65. The first-order valence-electron chi connectivity index (χ1n) is 7.64. The number of hydrogen-bond acceptors (Lipinski definition) is 6. The molecular formula is C16H16N4O5S. The van der Waals surface area contributed by atoms with Crippen molar-refractivity contribution in [1.29, 1.82) is 0 Å². The van der Waals surface area contributed by atoms with E-state index in [-0.39, 0.29) is 24.8 Å². The summed E-state index contributed by atoms with van der Waals surface area (Å²) in [5.41, 5.74) is 5.91. The third-order valence-corrected chi connectivity index (χ3v) is 4.74. The number of carbonyl (C=O) groups excluding carboxylic acids is 2. The van der Waals surface area contributed by atoms with E-state index in [4.69, 9.17) is 10.5 Å². The lowest BCUT2D eigenvalue weighted by molar-refractivity contribution is -0.120. The Morgan fingerprint density at radius 3 is 2.65 bits per heavy atom. The molecule has 1 aromatic rings. The lowest BCUT2D eigenvalue weighted by atomic mass is 10.1. The number of amides is 2. The van der Waals surface area contributed by atoms with Crippen LogP contribution in [0.4, 0.5) is 5.69 Å². The Hall–Kier alpha value is -3.14. The average molecular weight is 376 g/mol. The zero-order valence-corrected chi connectivity index (χ0v) is 14.4. The van der Waals surface area contributed by atoms with Crippen molar-refractivity contribution in [2.45, 2.75) is 0 Å². The molecule has 0 aromatic heterocycles. The summed E-state index contributed by atoms with van der Waals surface area (Å²) in [5.74, 6) is -0.272. The number of carbonyl (C=O) groups is 2. The van der Waals surface area contributed by atoms with E-state index in [0.717, 1.165) is 0 Å². The standard InChI is InChI=1S/C16H16N4O5S/c17-14(21)10-25-13-4-2-12(3-5-13)18-16(22)11-1-6-15-19-26(23,24)8-7-20(15)9-11/h1-6,9H,7-8,10H2,(H2,17,21)(H,18,22). The van der Waals surface area contributed by atoms with Gasteiger partial charge < -0.3 is 20.7 Å². The first kappa shape index (κ1) is 17.7. The lowest BCUT2D eigenvalue weighted by Gasteiger charge is -2.26. The fourth-order valence-corrected chi connectivity index (χ4v) is 3.30. The fraction of sp³-hybridized carbons (Fsp3) is 0.188. The number of nitrogens with two attached hydrogens (primary N) is 1. The van der Waals surface area contributed by atoms with E-state index in [1.807, 2.05) is 0 Å². The van der Waals surface area contributed by atoms with Crippen molar-refractivity contribution in [2.75, 3.05) is 24.2 Å². The molecule has 136 valence electrons. The Morgan fingerprint density at radius 2 is 1.96 bits per heavy atom. The number of rotatable bonds is 5. The van der Waals surface area contributed by atoms with Crippen molar-refractivity contribution in [3.63, 3.8) is 0 Å². The molecule has 0 spiro atoms. The van der Waals surface area contributed by atoms with Gasteiger partial charge in [0.25, 0.3) is 21.8 Å². The maximum Gasteiger partial charge on any atom is 0.257 e. The highest BCUT2D eigenvalue weighted by Gasteiger charge is 2.24. The molecule has 9 nitrogen and oxygen atoms in total. The van der Waals surface area contributed by atoms with Crippen LogP contribution >= 0.6 is 0 Å². The minimum absolute atomic E-state index is 0.0947. The Kier molecular flexibility index (Phi) is 4.76. The SMILES string of the molecule is NC(=O)COc1ccc(NC(=O)C2=CN3CCS(=O)(=O)N=C3C=C2)cc1. The molecule has 0 fully saturated rings. The number of nitrogens with one attached hydrogen (secondary N) is 1. The fourth-order valence-electron chi connectivity index (χ4n) is 2.33. The van der Waals surface area contributed by atoms with E-state index in [2.05, 4.69) is 9.71 Å². The van der Waals surface area contributed by atoms with Gasteiger partial charge in [-0.15, -0.1) is 4.40 Å². The lowest BCUT2D eigenvalue weighted by Crippen LogP contribution is -2.37. The predicted molar refractivity (Wildman–Crippen MR) is 94.9 cm³/mol. The van der Waals surface area contributed by atoms with Crippen molar-refractivity contribution in [1.82, 2.24) is 4.90 Å². The van der Waals surface area contributed by atoms with Gasteiger partial charge in [0.2, 0.25) is 0 Å². The molecule has 0 bridgehead atoms. The summed E-state index contributed by atoms with van der Waals surface area (Å²) in [6.45, 7) is 0.0208. The number of anilines is 1. The van der Waals surface area contributed by atoms with Crippen molar-refractivity contribution in [3.05, 3.63) is 48.2 Å². The highest BCUT2D eigenvalue weighted by molar-refractivity contribution is 7.90. The van der Waals surface area contributed by atoms with Gasteiger partial charge in [-0.3, -0.25) is 9.59 Å². The molecule has 0 atom stereocenters. The largest absolute Gasteiger partial charge is 0.484 e. The van der Waals surface area contributed by atoms with Crippen LogP contribution < -0.4 is 15.8 Å². The molecule has 3 N–H and O–H groups in total. The van der Waals surface area contributed by atoms with Gasteiger partial charge in [-0.2, -0.15) is 0 Å². The van der Waals surface area contributed by atoms with Crippen molar-refractivity contribution >= 4 is 33.4 Å². The molecule has 2 aliphatic heterocycles. The van der Waals surface area contributed by atoms with Crippen LogP contribution in [-0.4, -0.2) is 49.9 Å². The first-order chi connectivity index (χ1) is 12.3. The third-order valence-electron chi connectivity index (χ3n) is 3.58. The van der Waals surface area contributed by atoms with Crippen molar-refractivity contribution in [2.24, 2.45) is 10.1 Å². The molecule has 3 rings (SSSR count). The van der Waals surface area contributed by atoms with E-state index >= 15 is 0 Å². The minimum Gasteiger partial charge on any atom is -0.484 e. The van der Waals surface area contributed by atoms with Gasteiger partial charge in [-0.25, -0.2) is 8.42 Å². The number of benzene rings is 1. The number of nitrogens with zero attached hydrogens (tertiary/aromatic N) is 2. The quantitative estimate of drug-likeness (QED) is 0.743.